The van der Waals surface area contributed by atoms with Gasteiger partial charge in [-0.1, -0.05) is 51.1 Å². The first-order valence-corrected chi connectivity index (χ1v) is 7.36. The van der Waals surface area contributed by atoms with E-state index in [1.807, 2.05) is 11.8 Å². The van der Waals surface area contributed by atoms with Crippen molar-refractivity contribution in [1.29, 1.82) is 0 Å². The fraction of sp³-hybridized carbons (Fsp3) is 0.600. The van der Waals surface area contributed by atoms with Crippen LogP contribution >= 0.6 is 11.8 Å². The van der Waals surface area contributed by atoms with Crippen LogP contribution in [0, 0.1) is 11.3 Å². The molecule has 0 N–H and O–H groups in total. The molecule has 0 bridgehead atoms. The fourth-order valence-electron chi connectivity index (χ4n) is 2.15. The molecule has 2 heteroatoms. The van der Waals surface area contributed by atoms with Crippen molar-refractivity contribution in [2.75, 3.05) is 20.0 Å². The smallest absolute Gasteiger partial charge is 0.0509 e. The summed E-state index contributed by atoms with van der Waals surface area (Å²) < 4.78 is 5.42. The van der Waals surface area contributed by atoms with Crippen LogP contribution in [0.4, 0.5) is 0 Å². The van der Waals surface area contributed by atoms with E-state index in [0.29, 0.717) is 11.2 Å². The molecule has 1 aromatic carbocycles. The first-order chi connectivity index (χ1) is 8.00. The molecule has 0 saturated heterocycles. The van der Waals surface area contributed by atoms with Crippen molar-refractivity contribution >= 4 is 11.8 Å². The minimum absolute atomic E-state index is 0.250. The predicted octanol–water partition coefficient (Wildman–Crippen LogP) is 4.40. The standard InChI is InChI=1S/C15H24OS/c1-15(2,3)13(11-16-4)14(17-5)12-9-7-6-8-10-12/h6-10,13-14H,11H2,1-5H3/t13-,14+/m1/s1. The molecule has 0 heterocycles. The average Bonchev–Trinajstić information content (AvgIpc) is 2.29. The van der Waals surface area contributed by atoms with Gasteiger partial charge in [0.15, 0.2) is 0 Å². The topological polar surface area (TPSA) is 9.23 Å². The van der Waals surface area contributed by atoms with Crippen molar-refractivity contribution in [1.82, 2.24) is 0 Å². The lowest BCUT2D eigenvalue weighted by Crippen LogP contribution is -2.29. The van der Waals surface area contributed by atoms with Crippen LogP contribution in [-0.4, -0.2) is 20.0 Å². The van der Waals surface area contributed by atoms with E-state index in [-0.39, 0.29) is 5.41 Å². The van der Waals surface area contributed by atoms with Gasteiger partial charge in [0.2, 0.25) is 0 Å². The second-order valence-corrected chi connectivity index (χ2v) is 6.47. The van der Waals surface area contributed by atoms with Crippen LogP contribution in [0.3, 0.4) is 0 Å². The van der Waals surface area contributed by atoms with E-state index in [1.54, 1.807) is 7.11 Å². The van der Waals surface area contributed by atoms with Gasteiger partial charge in [-0.2, -0.15) is 11.8 Å². The van der Waals surface area contributed by atoms with E-state index in [0.717, 1.165) is 6.61 Å². The van der Waals surface area contributed by atoms with E-state index in [1.165, 1.54) is 5.56 Å². The number of methoxy groups -OCH3 is 1. The summed E-state index contributed by atoms with van der Waals surface area (Å²) in [5.74, 6) is 0.518. The number of thioether (sulfide) groups is 1. The summed E-state index contributed by atoms with van der Waals surface area (Å²) in [5, 5.41) is 0.496. The molecule has 0 fully saturated rings. The van der Waals surface area contributed by atoms with E-state index in [9.17, 15) is 0 Å². The van der Waals surface area contributed by atoms with Crippen molar-refractivity contribution in [3.05, 3.63) is 35.9 Å². The molecular formula is C15H24OS. The Morgan fingerprint density at radius 3 is 2.18 bits per heavy atom. The van der Waals surface area contributed by atoms with Gasteiger partial charge >= 0.3 is 0 Å². The molecule has 0 spiro atoms. The zero-order valence-electron chi connectivity index (χ0n) is 11.6. The Morgan fingerprint density at radius 1 is 1.18 bits per heavy atom. The highest BCUT2D eigenvalue weighted by Gasteiger charge is 2.32. The highest BCUT2D eigenvalue weighted by Crippen LogP contribution is 2.43. The number of hydrogen-bond donors (Lipinski definition) is 0. The predicted molar refractivity (Wildman–Crippen MR) is 77.5 cm³/mol. The van der Waals surface area contributed by atoms with Crippen molar-refractivity contribution in [2.45, 2.75) is 26.0 Å². The maximum absolute atomic E-state index is 5.42. The van der Waals surface area contributed by atoms with Gasteiger partial charge in [0.25, 0.3) is 0 Å². The maximum atomic E-state index is 5.42. The zero-order chi connectivity index (χ0) is 12.9. The third-order valence-electron chi connectivity index (χ3n) is 3.21. The number of hydrogen-bond acceptors (Lipinski definition) is 2. The lowest BCUT2D eigenvalue weighted by Gasteiger charge is -2.36. The van der Waals surface area contributed by atoms with Gasteiger partial charge in [-0.15, -0.1) is 0 Å². The second-order valence-electron chi connectivity index (χ2n) is 5.49. The molecule has 0 aliphatic carbocycles. The summed E-state index contributed by atoms with van der Waals surface area (Å²) in [4.78, 5) is 0. The van der Waals surface area contributed by atoms with Crippen LogP contribution in [0.25, 0.3) is 0 Å². The summed E-state index contributed by atoms with van der Waals surface area (Å²) >= 11 is 1.92. The third kappa shape index (κ3) is 4.04. The minimum atomic E-state index is 0.250. The Kier molecular flexibility index (Phi) is 5.54. The molecular weight excluding hydrogens is 228 g/mol. The van der Waals surface area contributed by atoms with Crippen molar-refractivity contribution in [3.8, 4) is 0 Å². The quantitative estimate of drug-likeness (QED) is 0.768. The number of ether oxygens (including phenoxy) is 1. The molecule has 96 valence electrons. The Hall–Kier alpha value is -0.470. The van der Waals surface area contributed by atoms with Crippen LogP contribution in [0.2, 0.25) is 0 Å². The normalized spacial score (nSPS) is 15.6. The summed E-state index contributed by atoms with van der Waals surface area (Å²) in [7, 11) is 1.79. The number of rotatable bonds is 5. The van der Waals surface area contributed by atoms with Crippen molar-refractivity contribution in [3.63, 3.8) is 0 Å². The van der Waals surface area contributed by atoms with Gasteiger partial charge in [-0.25, -0.2) is 0 Å². The highest BCUT2D eigenvalue weighted by molar-refractivity contribution is 7.98. The molecule has 17 heavy (non-hydrogen) atoms. The lowest BCUT2D eigenvalue weighted by molar-refractivity contribution is 0.0884. The summed E-state index contributed by atoms with van der Waals surface area (Å²) in [6.07, 6.45) is 2.19. The first-order valence-electron chi connectivity index (χ1n) is 6.07. The van der Waals surface area contributed by atoms with Crippen LogP contribution in [0.1, 0.15) is 31.6 Å². The Bertz CT molecular complexity index is 315. The number of benzene rings is 1. The molecule has 0 unspecified atom stereocenters. The Labute approximate surface area is 110 Å². The van der Waals surface area contributed by atoms with E-state index < -0.39 is 0 Å². The Balaban J connectivity index is 2.98. The minimum Gasteiger partial charge on any atom is -0.384 e. The van der Waals surface area contributed by atoms with Crippen LogP contribution in [0.15, 0.2) is 30.3 Å². The molecule has 0 aliphatic heterocycles. The molecule has 0 radical (unpaired) electrons. The van der Waals surface area contributed by atoms with Gasteiger partial charge < -0.3 is 4.74 Å². The van der Waals surface area contributed by atoms with Crippen LogP contribution in [0.5, 0.6) is 0 Å². The summed E-state index contributed by atoms with van der Waals surface area (Å²) in [6.45, 7) is 7.69. The first kappa shape index (κ1) is 14.6. The van der Waals surface area contributed by atoms with Crippen LogP contribution in [-0.2, 0) is 4.74 Å². The van der Waals surface area contributed by atoms with Crippen molar-refractivity contribution < 1.29 is 4.74 Å². The Morgan fingerprint density at radius 2 is 1.76 bits per heavy atom. The second kappa shape index (κ2) is 6.46. The average molecular weight is 252 g/mol. The van der Waals surface area contributed by atoms with Gasteiger partial charge in [-0.3, -0.25) is 0 Å². The molecule has 0 amide bonds. The van der Waals surface area contributed by atoms with Gasteiger partial charge in [0.1, 0.15) is 0 Å². The summed E-state index contributed by atoms with van der Waals surface area (Å²) in [6, 6.07) is 10.7. The summed E-state index contributed by atoms with van der Waals surface area (Å²) in [5.41, 5.74) is 1.65. The largest absolute Gasteiger partial charge is 0.384 e. The molecule has 1 rings (SSSR count). The highest BCUT2D eigenvalue weighted by atomic mass is 32.2. The van der Waals surface area contributed by atoms with Gasteiger partial charge in [0, 0.05) is 18.3 Å². The SMILES string of the molecule is COC[C@H]([C@@H](SC)c1ccccc1)C(C)(C)C. The maximum Gasteiger partial charge on any atom is 0.0509 e. The molecule has 0 saturated carbocycles. The fourth-order valence-corrected chi connectivity index (χ4v) is 3.39. The van der Waals surface area contributed by atoms with E-state index in [4.69, 9.17) is 4.74 Å². The molecule has 1 aromatic rings. The van der Waals surface area contributed by atoms with Crippen LogP contribution < -0.4 is 0 Å². The lowest BCUT2D eigenvalue weighted by atomic mass is 9.77. The monoisotopic (exact) mass is 252 g/mol. The van der Waals surface area contributed by atoms with Gasteiger partial charge in [0.05, 0.1) is 6.61 Å². The zero-order valence-corrected chi connectivity index (χ0v) is 12.4. The van der Waals surface area contributed by atoms with Gasteiger partial charge in [-0.05, 0) is 17.2 Å². The molecule has 2 atom stereocenters. The third-order valence-corrected chi connectivity index (χ3v) is 4.31. The molecule has 0 aromatic heterocycles. The van der Waals surface area contributed by atoms with E-state index in [2.05, 4.69) is 57.4 Å². The molecule has 0 aliphatic rings. The van der Waals surface area contributed by atoms with Crippen molar-refractivity contribution in [2.24, 2.45) is 11.3 Å². The van der Waals surface area contributed by atoms with E-state index >= 15 is 0 Å². The molecule has 1 nitrogen and oxygen atoms in total.